The molecule has 1 fully saturated rings. The molecule has 0 aromatic heterocycles. The molecule has 0 radical (unpaired) electrons. The molecule has 1 aliphatic rings. The van der Waals surface area contributed by atoms with Crippen LogP contribution in [0.5, 0.6) is 0 Å². The smallest absolute Gasteiger partial charge is 0.304 e. The molecule has 0 aliphatic heterocycles. The maximum atomic E-state index is 11.8. The second-order valence-corrected chi connectivity index (χ2v) is 5.95. The van der Waals surface area contributed by atoms with Gasteiger partial charge in [-0.15, -0.1) is 11.8 Å². The Morgan fingerprint density at radius 1 is 1.35 bits per heavy atom. The van der Waals surface area contributed by atoms with E-state index < -0.39 is 5.97 Å². The number of carbonyl (C=O) groups is 2. The summed E-state index contributed by atoms with van der Waals surface area (Å²) in [5.74, 6) is -0.265. The van der Waals surface area contributed by atoms with Crippen molar-refractivity contribution in [3.8, 4) is 0 Å². The van der Waals surface area contributed by atoms with E-state index in [1.54, 1.807) is 0 Å². The summed E-state index contributed by atoms with van der Waals surface area (Å²) in [7, 11) is 0. The molecule has 1 amide bonds. The zero-order valence-electron chi connectivity index (χ0n) is 10.3. The molecule has 0 bridgehead atoms. The first kappa shape index (κ1) is 14.4. The third-order valence-corrected chi connectivity index (χ3v) is 4.16. The summed E-state index contributed by atoms with van der Waals surface area (Å²) < 4.78 is 0. The number of hydrogen-bond donors (Lipinski definition) is 2. The number of carboxylic acids is 1. The Labute approximate surface area is 107 Å². The Hall–Kier alpha value is -0.710. The van der Waals surface area contributed by atoms with E-state index in [0.717, 1.165) is 12.8 Å². The molecule has 2 N–H and O–H groups in total. The Morgan fingerprint density at radius 2 is 2.00 bits per heavy atom. The number of carboxylic acid groups (broad SMARTS) is 1. The highest BCUT2D eigenvalue weighted by Gasteiger charge is 2.19. The molecule has 4 nitrogen and oxygen atoms in total. The summed E-state index contributed by atoms with van der Waals surface area (Å²) >= 11 is 1.41. The van der Waals surface area contributed by atoms with Gasteiger partial charge in [0.05, 0.1) is 11.7 Å². The molecule has 17 heavy (non-hydrogen) atoms. The fourth-order valence-corrected chi connectivity index (χ4v) is 2.83. The number of rotatable bonds is 6. The van der Waals surface area contributed by atoms with Crippen molar-refractivity contribution in [2.75, 3.05) is 5.75 Å². The molecule has 5 heteroatoms. The minimum Gasteiger partial charge on any atom is -0.481 e. The molecule has 1 rings (SSSR count). The maximum Gasteiger partial charge on any atom is 0.304 e. The number of nitrogens with one attached hydrogen (secondary N) is 1. The highest BCUT2D eigenvalue weighted by atomic mass is 32.2. The van der Waals surface area contributed by atoms with Gasteiger partial charge in [-0.2, -0.15) is 0 Å². The molecule has 0 heterocycles. The molecule has 98 valence electrons. The normalized spacial score (nSPS) is 18.6. The summed E-state index contributed by atoms with van der Waals surface area (Å²) in [4.78, 5) is 22.2. The van der Waals surface area contributed by atoms with Crippen LogP contribution in [0.15, 0.2) is 0 Å². The molecule has 0 aromatic rings. The predicted octanol–water partition coefficient (Wildman–Crippen LogP) is 2.03. The second-order valence-electron chi connectivity index (χ2n) is 4.50. The van der Waals surface area contributed by atoms with Gasteiger partial charge in [0, 0.05) is 11.8 Å². The molecule has 1 unspecified atom stereocenters. The van der Waals surface area contributed by atoms with E-state index in [-0.39, 0.29) is 17.6 Å². The zero-order chi connectivity index (χ0) is 12.7. The lowest BCUT2D eigenvalue weighted by molar-refractivity contribution is -0.136. The summed E-state index contributed by atoms with van der Waals surface area (Å²) in [6.45, 7) is 1.84. The molecule has 1 saturated carbocycles. The summed E-state index contributed by atoms with van der Waals surface area (Å²) in [5.41, 5.74) is 0. The molecular formula is C12H21NO3S. The van der Waals surface area contributed by atoms with Gasteiger partial charge >= 0.3 is 5.97 Å². The van der Waals surface area contributed by atoms with Gasteiger partial charge in [0.2, 0.25) is 5.91 Å². The minimum atomic E-state index is -0.808. The van der Waals surface area contributed by atoms with Crippen molar-refractivity contribution in [1.82, 2.24) is 5.32 Å². The lowest BCUT2D eigenvalue weighted by atomic mass is 9.95. The van der Waals surface area contributed by atoms with Gasteiger partial charge in [0.25, 0.3) is 0 Å². The van der Waals surface area contributed by atoms with E-state index in [2.05, 4.69) is 5.32 Å². The van der Waals surface area contributed by atoms with E-state index in [1.165, 1.54) is 31.0 Å². The number of thioether (sulfide) groups is 1. The van der Waals surface area contributed by atoms with Gasteiger partial charge < -0.3 is 10.4 Å². The van der Waals surface area contributed by atoms with E-state index >= 15 is 0 Å². The third kappa shape index (κ3) is 5.96. The zero-order valence-corrected chi connectivity index (χ0v) is 11.1. The van der Waals surface area contributed by atoms with E-state index in [4.69, 9.17) is 5.11 Å². The average molecular weight is 259 g/mol. The standard InChI is InChI=1S/C12H21NO3S/c1-9(17-8-7-11(14)15)12(16)13-10-5-3-2-4-6-10/h9-10H,2-8H2,1H3,(H,13,16)(H,14,15). The Bertz CT molecular complexity index is 264. The highest BCUT2D eigenvalue weighted by Crippen LogP contribution is 2.19. The maximum absolute atomic E-state index is 11.8. The first-order valence-electron chi connectivity index (χ1n) is 6.23. The van der Waals surface area contributed by atoms with E-state index in [9.17, 15) is 9.59 Å². The Balaban J connectivity index is 2.18. The summed E-state index contributed by atoms with van der Waals surface area (Å²) in [6, 6.07) is 0.332. The van der Waals surface area contributed by atoms with Crippen LogP contribution in [0, 0.1) is 0 Å². The summed E-state index contributed by atoms with van der Waals surface area (Å²) in [6.07, 6.45) is 5.95. The van der Waals surface area contributed by atoms with Crippen LogP contribution in [0.3, 0.4) is 0 Å². The van der Waals surface area contributed by atoms with Crippen LogP contribution in [-0.4, -0.2) is 34.0 Å². The molecule has 0 spiro atoms. The van der Waals surface area contributed by atoms with Crippen molar-refractivity contribution in [3.63, 3.8) is 0 Å². The van der Waals surface area contributed by atoms with Crippen molar-refractivity contribution in [2.24, 2.45) is 0 Å². The number of hydrogen-bond acceptors (Lipinski definition) is 3. The SMILES string of the molecule is CC(SCCC(=O)O)C(=O)NC1CCCCC1. The van der Waals surface area contributed by atoms with Gasteiger partial charge in [0.15, 0.2) is 0 Å². The number of carbonyl (C=O) groups excluding carboxylic acids is 1. The lowest BCUT2D eigenvalue weighted by Crippen LogP contribution is -2.40. The largest absolute Gasteiger partial charge is 0.481 e. The molecular weight excluding hydrogens is 238 g/mol. The molecule has 1 aliphatic carbocycles. The fourth-order valence-electron chi connectivity index (χ4n) is 1.96. The quantitative estimate of drug-likeness (QED) is 0.766. The van der Waals surface area contributed by atoms with Crippen molar-refractivity contribution in [3.05, 3.63) is 0 Å². The molecule has 0 aromatic carbocycles. The fraction of sp³-hybridized carbons (Fsp3) is 0.833. The van der Waals surface area contributed by atoms with Crippen LogP contribution in [-0.2, 0) is 9.59 Å². The van der Waals surface area contributed by atoms with E-state index in [0.29, 0.717) is 11.8 Å². The molecule has 0 saturated heterocycles. The van der Waals surface area contributed by atoms with Gasteiger partial charge in [-0.1, -0.05) is 19.3 Å². The van der Waals surface area contributed by atoms with Gasteiger partial charge in [-0.3, -0.25) is 9.59 Å². The monoisotopic (exact) mass is 259 g/mol. The van der Waals surface area contributed by atoms with Gasteiger partial charge in [-0.05, 0) is 19.8 Å². The van der Waals surface area contributed by atoms with Crippen LogP contribution in [0.4, 0.5) is 0 Å². The first-order chi connectivity index (χ1) is 8.09. The Kier molecular flexibility index (Phi) is 6.40. The highest BCUT2D eigenvalue weighted by molar-refractivity contribution is 8.00. The van der Waals surface area contributed by atoms with Crippen molar-refractivity contribution in [2.45, 2.75) is 56.7 Å². The third-order valence-electron chi connectivity index (χ3n) is 3.00. The first-order valence-corrected chi connectivity index (χ1v) is 7.28. The van der Waals surface area contributed by atoms with Gasteiger partial charge in [0.1, 0.15) is 0 Å². The lowest BCUT2D eigenvalue weighted by Gasteiger charge is -2.24. The van der Waals surface area contributed by atoms with Crippen LogP contribution >= 0.6 is 11.8 Å². The van der Waals surface area contributed by atoms with E-state index in [1.807, 2.05) is 6.92 Å². The Morgan fingerprint density at radius 3 is 2.59 bits per heavy atom. The topological polar surface area (TPSA) is 66.4 Å². The van der Waals surface area contributed by atoms with Crippen LogP contribution < -0.4 is 5.32 Å². The average Bonchev–Trinajstić information content (AvgIpc) is 2.29. The van der Waals surface area contributed by atoms with Crippen molar-refractivity contribution >= 4 is 23.6 Å². The van der Waals surface area contributed by atoms with Gasteiger partial charge in [-0.25, -0.2) is 0 Å². The second kappa shape index (κ2) is 7.58. The number of aliphatic carboxylic acids is 1. The predicted molar refractivity (Wildman–Crippen MR) is 69.2 cm³/mol. The van der Waals surface area contributed by atoms with Crippen LogP contribution in [0.1, 0.15) is 45.4 Å². The minimum absolute atomic E-state index is 0.0484. The molecule has 1 atom stereocenters. The van der Waals surface area contributed by atoms with Crippen molar-refractivity contribution < 1.29 is 14.7 Å². The summed E-state index contributed by atoms with van der Waals surface area (Å²) in [5, 5.41) is 11.4. The van der Waals surface area contributed by atoms with Crippen molar-refractivity contribution in [1.29, 1.82) is 0 Å². The number of amides is 1. The van der Waals surface area contributed by atoms with Crippen LogP contribution in [0.2, 0.25) is 0 Å². The van der Waals surface area contributed by atoms with Crippen LogP contribution in [0.25, 0.3) is 0 Å².